The second-order valence-electron chi connectivity index (χ2n) is 6.12. The molecule has 1 aromatic rings. The fourth-order valence-electron chi connectivity index (χ4n) is 2.63. The number of alkyl halides is 3. The van der Waals surface area contributed by atoms with E-state index in [0.717, 1.165) is 12.3 Å². The molecule has 2 rings (SSSR count). The maximum atomic E-state index is 12.6. The molecule has 1 amide bonds. The molecule has 0 radical (unpaired) electrons. The van der Waals surface area contributed by atoms with Crippen LogP contribution in [-0.4, -0.2) is 53.7 Å². The van der Waals surface area contributed by atoms with Gasteiger partial charge in [-0.1, -0.05) is 0 Å². The van der Waals surface area contributed by atoms with E-state index in [-0.39, 0.29) is 18.9 Å². The van der Waals surface area contributed by atoms with Crippen molar-refractivity contribution in [3.8, 4) is 0 Å². The third-order valence-electron chi connectivity index (χ3n) is 3.93. The highest BCUT2D eigenvalue weighted by Crippen LogP contribution is 2.31. The molecule has 23 heavy (non-hydrogen) atoms. The van der Waals surface area contributed by atoms with Gasteiger partial charge < -0.3 is 14.9 Å². The highest BCUT2D eigenvalue weighted by Gasteiger charge is 2.37. The second-order valence-corrected chi connectivity index (χ2v) is 6.12. The van der Waals surface area contributed by atoms with Gasteiger partial charge in [-0.15, -0.1) is 0 Å². The zero-order valence-corrected chi connectivity index (χ0v) is 13.1. The number of amides is 1. The van der Waals surface area contributed by atoms with Crippen LogP contribution >= 0.6 is 0 Å². The summed E-state index contributed by atoms with van der Waals surface area (Å²) in [6.45, 7) is 0.752. The Bertz CT molecular complexity index is 560. The van der Waals surface area contributed by atoms with Crippen LogP contribution in [0.3, 0.4) is 0 Å². The summed E-state index contributed by atoms with van der Waals surface area (Å²) in [7, 11) is 3.23. The summed E-state index contributed by atoms with van der Waals surface area (Å²) in [6, 6.07) is 2.27. The molecule has 1 aromatic heterocycles. The van der Waals surface area contributed by atoms with Gasteiger partial charge in [0.15, 0.2) is 0 Å². The van der Waals surface area contributed by atoms with Crippen LogP contribution in [-0.2, 0) is 11.0 Å². The number of hydrogen-bond acceptors (Lipinski definition) is 4. The largest absolute Gasteiger partial charge is 0.417 e. The Morgan fingerprint density at radius 2 is 2.13 bits per heavy atom. The smallest absolute Gasteiger partial charge is 0.388 e. The van der Waals surface area contributed by atoms with Gasteiger partial charge in [0.1, 0.15) is 5.82 Å². The Balaban J connectivity index is 2.10. The molecule has 1 fully saturated rings. The van der Waals surface area contributed by atoms with E-state index in [4.69, 9.17) is 0 Å². The number of halogens is 3. The van der Waals surface area contributed by atoms with Crippen LogP contribution in [0.15, 0.2) is 18.3 Å². The lowest BCUT2D eigenvalue weighted by atomic mass is 9.89. The Morgan fingerprint density at radius 1 is 1.43 bits per heavy atom. The maximum absolute atomic E-state index is 12.6. The van der Waals surface area contributed by atoms with Crippen molar-refractivity contribution in [2.24, 2.45) is 0 Å². The van der Waals surface area contributed by atoms with Gasteiger partial charge in [0.05, 0.1) is 17.6 Å². The van der Waals surface area contributed by atoms with Gasteiger partial charge in [0, 0.05) is 33.4 Å². The van der Waals surface area contributed by atoms with Crippen LogP contribution in [0.4, 0.5) is 19.0 Å². The lowest BCUT2D eigenvalue weighted by molar-refractivity contribution is -0.138. The van der Waals surface area contributed by atoms with Gasteiger partial charge in [0.25, 0.3) is 0 Å². The lowest BCUT2D eigenvalue weighted by Crippen LogP contribution is -2.50. The van der Waals surface area contributed by atoms with Crippen molar-refractivity contribution < 1.29 is 23.1 Å². The van der Waals surface area contributed by atoms with E-state index in [1.807, 2.05) is 0 Å². The van der Waals surface area contributed by atoms with Crippen molar-refractivity contribution in [1.29, 1.82) is 0 Å². The number of aliphatic hydroxyl groups is 1. The quantitative estimate of drug-likeness (QED) is 0.919. The van der Waals surface area contributed by atoms with Gasteiger partial charge in [0.2, 0.25) is 5.91 Å². The molecule has 0 spiro atoms. The fourth-order valence-corrected chi connectivity index (χ4v) is 2.63. The number of piperidine rings is 1. The molecule has 0 aliphatic carbocycles. The molecule has 0 bridgehead atoms. The second kappa shape index (κ2) is 6.35. The maximum Gasteiger partial charge on any atom is 0.417 e. The van der Waals surface area contributed by atoms with Crippen LogP contribution in [0, 0.1) is 0 Å². The molecule has 1 atom stereocenters. The van der Waals surface area contributed by atoms with Gasteiger partial charge >= 0.3 is 6.18 Å². The average molecular weight is 331 g/mol. The molecule has 8 heteroatoms. The third kappa shape index (κ3) is 4.34. The normalized spacial score (nSPS) is 22.1. The molecule has 1 aliphatic heterocycles. The van der Waals surface area contributed by atoms with Crippen LogP contribution in [0.1, 0.15) is 24.8 Å². The summed E-state index contributed by atoms with van der Waals surface area (Å²) < 4.78 is 37.7. The zero-order chi connectivity index (χ0) is 17.3. The first kappa shape index (κ1) is 17.5. The Hall–Kier alpha value is -1.83. The molecule has 5 nitrogen and oxygen atoms in total. The number of pyridine rings is 1. The molecule has 1 saturated heterocycles. The monoisotopic (exact) mass is 331 g/mol. The van der Waals surface area contributed by atoms with Crippen molar-refractivity contribution in [2.45, 2.75) is 31.0 Å². The van der Waals surface area contributed by atoms with Crippen LogP contribution < -0.4 is 4.90 Å². The summed E-state index contributed by atoms with van der Waals surface area (Å²) in [5.74, 6) is 0.183. The molecule has 0 aromatic carbocycles. The van der Waals surface area contributed by atoms with E-state index >= 15 is 0 Å². The molecular formula is C15H20F3N3O2. The van der Waals surface area contributed by atoms with E-state index < -0.39 is 17.3 Å². The Morgan fingerprint density at radius 3 is 2.65 bits per heavy atom. The minimum Gasteiger partial charge on any atom is -0.388 e. The number of anilines is 1. The van der Waals surface area contributed by atoms with Gasteiger partial charge in [-0.05, 0) is 25.0 Å². The van der Waals surface area contributed by atoms with E-state index in [1.165, 1.54) is 11.0 Å². The zero-order valence-electron chi connectivity index (χ0n) is 13.1. The van der Waals surface area contributed by atoms with Gasteiger partial charge in [-0.3, -0.25) is 4.79 Å². The third-order valence-corrected chi connectivity index (χ3v) is 3.93. The number of hydrogen-bond donors (Lipinski definition) is 1. The molecule has 1 N–H and O–H groups in total. The van der Waals surface area contributed by atoms with Gasteiger partial charge in [-0.2, -0.15) is 13.2 Å². The number of rotatable bonds is 3. The molecule has 128 valence electrons. The molecular weight excluding hydrogens is 311 g/mol. The predicted molar refractivity (Wildman–Crippen MR) is 78.9 cm³/mol. The molecule has 1 aliphatic rings. The van der Waals surface area contributed by atoms with Crippen molar-refractivity contribution in [1.82, 2.24) is 9.88 Å². The van der Waals surface area contributed by atoms with Crippen LogP contribution in [0.25, 0.3) is 0 Å². The van der Waals surface area contributed by atoms with Crippen LogP contribution in [0.2, 0.25) is 0 Å². The minimum atomic E-state index is -4.42. The van der Waals surface area contributed by atoms with Crippen molar-refractivity contribution >= 4 is 11.7 Å². The predicted octanol–water partition coefficient (Wildman–Crippen LogP) is 1.91. The van der Waals surface area contributed by atoms with Crippen molar-refractivity contribution in [3.05, 3.63) is 23.9 Å². The molecule has 2 heterocycles. The highest BCUT2D eigenvalue weighted by molar-refractivity contribution is 5.76. The standard InChI is InChI=1S/C15H20F3N3O2/c1-20(2)13(22)8-14(23)6-3-7-21(10-14)12-5-4-11(9-19-12)15(16,17)18/h4-5,9,23H,3,6-8,10H2,1-2H3. The number of β-amino-alcohol motifs (C(OH)–C–C–N with tert-alkyl or cyclic N) is 1. The SMILES string of the molecule is CN(C)C(=O)CC1(O)CCCN(c2ccc(C(F)(F)F)cn2)C1. The summed E-state index contributed by atoms with van der Waals surface area (Å²) in [4.78, 5) is 18.8. The average Bonchev–Trinajstić information content (AvgIpc) is 2.46. The first-order chi connectivity index (χ1) is 10.6. The topological polar surface area (TPSA) is 56.7 Å². The number of aromatic nitrogens is 1. The summed E-state index contributed by atoms with van der Waals surface area (Å²) in [5.41, 5.74) is -2.00. The fraction of sp³-hybridized carbons (Fsp3) is 0.600. The Kier molecular flexibility index (Phi) is 4.84. The number of nitrogens with zero attached hydrogens (tertiary/aromatic N) is 3. The van der Waals surface area contributed by atoms with E-state index in [1.54, 1.807) is 19.0 Å². The highest BCUT2D eigenvalue weighted by atomic mass is 19.4. The number of carbonyl (C=O) groups is 1. The van der Waals surface area contributed by atoms with Crippen LogP contribution in [0.5, 0.6) is 0 Å². The van der Waals surface area contributed by atoms with E-state index in [0.29, 0.717) is 25.2 Å². The number of carbonyl (C=O) groups excluding carboxylic acids is 1. The summed E-state index contributed by atoms with van der Waals surface area (Å²) >= 11 is 0. The summed E-state index contributed by atoms with van der Waals surface area (Å²) in [5, 5.41) is 10.6. The summed E-state index contributed by atoms with van der Waals surface area (Å²) in [6.07, 6.45) is -2.54. The van der Waals surface area contributed by atoms with E-state index in [9.17, 15) is 23.1 Å². The first-order valence-electron chi connectivity index (χ1n) is 7.31. The lowest BCUT2D eigenvalue weighted by Gasteiger charge is -2.40. The van der Waals surface area contributed by atoms with Crippen molar-refractivity contribution in [3.63, 3.8) is 0 Å². The van der Waals surface area contributed by atoms with Gasteiger partial charge in [-0.25, -0.2) is 4.98 Å². The van der Waals surface area contributed by atoms with E-state index in [2.05, 4.69) is 4.98 Å². The first-order valence-corrected chi connectivity index (χ1v) is 7.31. The molecule has 1 unspecified atom stereocenters. The minimum absolute atomic E-state index is 0.0167. The van der Waals surface area contributed by atoms with Crippen molar-refractivity contribution in [2.75, 3.05) is 32.1 Å². The Labute approximate surface area is 132 Å². The molecule has 0 saturated carbocycles.